The lowest BCUT2D eigenvalue weighted by Gasteiger charge is -2.28. The van der Waals surface area contributed by atoms with E-state index in [4.69, 9.17) is 21.3 Å². The first-order chi connectivity index (χ1) is 18.9. The fourth-order valence-corrected chi connectivity index (χ4v) is 5.25. The number of hydrogen-bond donors (Lipinski definition) is 1. The zero-order chi connectivity index (χ0) is 27.1. The van der Waals surface area contributed by atoms with Gasteiger partial charge < -0.3 is 14.4 Å². The molecule has 6 aromatic rings. The van der Waals surface area contributed by atoms with E-state index >= 15 is 0 Å². The van der Waals surface area contributed by atoms with Gasteiger partial charge in [-0.2, -0.15) is 0 Å². The van der Waals surface area contributed by atoms with Crippen molar-refractivity contribution in [1.29, 1.82) is 0 Å². The SMILES string of the molecule is COc1nc2ccc(C(O)(c3cnnn3C)c3cnnn3C)cc2c(Cl)c1Cc1ccc(-n2cccc2)cc1. The molecule has 0 radical (unpaired) electrons. The number of ether oxygens (including phenoxy) is 1. The third-order valence-corrected chi connectivity index (χ3v) is 7.41. The molecule has 0 saturated carbocycles. The van der Waals surface area contributed by atoms with Crippen molar-refractivity contribution in [2.45, 2.75) is 12.0 Å². The van der Waals surface area contributed by atoms with E-state index < -0.39 is 5.60 Å². The molecular weight excluding hydrogens is 516 g/mol. The van der Waals surface area contributed by atoms with Gasteiger partial charge in [0.05, 0.1) is 30.0 Å². The minimum atomic E-state index is -1.65. The number of nitrogens with zero attached hydrogens (tertiary/aromatic N) is 8. The number of rotatable bonds is 7. The topological polar surface area (TPSA) is 109 Å². The summed E-state index contributed by atoms with van der Waals surface area (Å²) in [5.74, 6) is 0.455. The average molecular weight is 541 g/mol. The smallest absolute Gasteiger partial charge is 0.218 e. The lowest BCUT2D eigenvalue weighted by atomic mass is 9.86. The molecule has 1 N–H and O–H groups in total. The van der Waals surface area contributed by atoms with E-state index in [9.17, 15) is 5.11 Å². The van der Waals surface area contributed by atoms with Crippen LogP contribution in [-0.4, -0.2) is 51.8 Å². The Kier molecular flexibility index (Phi) is 6.13. The maximum absolute atomic E-state index is 12.2. The Morgan fingerprint density at radius 2 is 1.56 bits per heavy atom. The summed E-state index contributed by atoms with van der Waals surface area (Å²) in [6, 6.07) is 17.7. The first kappa shape index (κ1) is 24.8. The fraction of sp³-hybridized carbons (Fsp3) is 0.179. The van der Waals surface area contributed by atoms with Crippen molar-refractivity contribution in [3.63, 3.8) is 0 Å². The van der Waals surface area contributed by atoms with Crippen LogP contribution in [0.2, 0.25) is 5.02 Å². The van der Waals surface area contributed by atoms with Gasteiger partial charge in [-0.1, -0.05) is 40.2 Å². The predicted molar refractivity (Wildman–Crippen MR) is 146 cm³/mol. The molecule has 39 heavy (non-hydrogen) atoms. The minimum Gasteiger partial charge on any atom is -0.481 e. The zero-order valence-electron chi connectivity index (χ0n) is 21.5. The summed E-state index contributed by atoms with van der Waals surface area (Å²) in [5, 5.41) is 29.5. The van der Waals surface area contributed by atoms with E-state index in [2.05, 4.69) is 44.9 Å². The van der Waals surface area contributed by atoms with Gasteiger partial charge in [-0.3, -0.25) is 0 Å². The lowest BCUT2D eigenvalue weighted by molar-refractivity contribution is 0.107. The molecule has 0 saturated heterocycles. The van der Waals surface area contributed by atoms with Gasteiger partial charge in [-0.25, -0.2) is 14.3 Å². The summed E-state index contributed by atoms with van der Waals surface area (Å²) in [5.41, 5.74) is 3.31. The van der Waals surface area contributed by atoms with Crippen molar-refractivity contribution < 1.29 is 9.84 Å². The lowest BCUT2D eigenvalue weighted by Crippen LogP contribution is -2.33. The molecule has 0 aliphatic carbocycles. The average Bonchev–Trinajstić information content (AvgIpc) is 3.73. The highest BCUT2D eigenvalue weighted by atomic mass is 35.5. The molecule has 196 valence electrons. The van der Waals surface area contributed by atoms with Gasteiger partial charge in [0.15, 0.2) is 5.60 Å². The summed E-state index contributed by atoms with van der Waals surface area (Å²) in [7, 11) is 5.02. The Morgan fingerprint density at radius 3 is 2.13 bits per heavy atom. The van der Waals surface area contributed by atoms with Gasteiger partial charge in [-0.05, 0) is 47.5 Å². The monoisotopic (exact) mass is 540 g/mol. The molecule has 0 spiro atoms. The van der Waals surface area contributed by atoms with Crippen LogP contribution in [0, 0.1) is 0 Å². The van der Waals surface area contributed by atoms with Gasteiger partial charge in [0.2, 0.25) is 5.88 Å². The summed E-state index contributed by atoms with van der Waals surface area (Å²) in [4.78, 5) is 4.74. The summed E-state index contributed by atoms with van der Waals surface area (Å²) in [6.07, 6.45) is 7.57. The van der Waals surface area contributed by atoms with E-state index in [0.29, 0.717) is 45.2 Å². The molecule has 10 nitrogen and oxygen atoms in total. The molecule has 6 rings (SSSR count). The van der Waals surface area contributed by atoms with Gasteiger partial charge in [0, 0.05) is 49.5 Å². The number of benzene rings is 2. The number of hydrogen-bond acceptors (Lipinski definition) is 7. The second-order valence-electron chi connectivity index (χ2n) is 9.28. The van der Waals surface area contributed by atoms with Gasteiger partial charge >= 0.3 is 0 Å². The molecule has 0 unspecified atom stereocenters. The molecule has 0 aliphatic heterocycles. The third kappa shape index (κ3) is 4.14. The molecule has 0 amide bonds. The molecule has 0 aliphatic rings. The maximum atomic E-state index is 12.2. The zero-order valence-corrected chi connectivity index (χ0v) is 22.3. The molecule has 2 aromatic carbocycles. The molecule has 4 aromatic heterocycles. The van der Waals surface area contributed by atoms with Crippen LogP contribution in [-0.2, 0) is 26.1 Å². The highest BCUT2D eigenvalue weighted by Gasteiger charge is 2.40. The van der Waals surface area contributed by atoms with Crippen LogP contribution in [0.1, 0.15) is 28.1 Å². The van der Waals surface area contributed by atoms with Crippen molar-refractivity contribution in [3.8, 4) is 11.6 Å². The van der Waals surface area contributed by atoms with Gasteiger partial charge in [-0.15, -0.1) is 10.2 Å². The van der Waals surface area contributed by atoms with E-state index in [1.54, 1.807) is 27.3 Å². The number of aliphatic hydroxyl groups is 1. The minimum absolute atomic E-state index is 0.452. The maximum Gasteiger partial charge on any atom is 0.218 e. The van der Waals surface area contributed by atoms with E-state index in [1.807, 2.05) is 41.2 Å². The van der Waals surface area contributed by atoms with Gasteiger partial charge in [0.1, 0.15) is 11.4 Å². The van der Waals surface area contributed by atoms with E-state index in [1.165, 1.54) is 21.8 Å². The molecule has 11 heteroatoms. The normalized spacial score (nSPS) is 11.8. The Balaban J connectivity index is 1.47. The van der Waals surface area contributed by atoms with Crippen LogP contribution in [0.5, 0.6) is 5.88 Å². The molecule has 4 heterocycles. The quantitative estimate of drug-likeness (QED) is 0.328. The highest BCUT2D eigenvalue weighted by Crippen LogP contribution is 2.40. The van der Waals surface area contributed by atoms with E-state index in [0.717, 1.165) is 16.8 Å². The number of aryl methyl sites for hydroxylation is 2. The van der Waals surface area contributed by atoms with Crippen LogP contribution in [0.25, 0.3) is 16.6 Å². The number of methoxy groups -OCH3 is 1. The molecule has 0 bridgehead atoms. The number of fused-ring (bicyclic) bond motifs is 1. The second-order valence-corrected chi connectivity index (χ2v) is 9.65. The largest absolute Gasteiger partial charge is 0.481 e. The van der Waals surface area contributed by atoms with E-state index in [-0.39, 0.29) is 0 Å². The second kappa shape index (κ2) is 9.64. The van der Waals surface area contributed by atoms with Crippen LogP contribution in [0.15, 0.2) is 79.4 Å². The van der Waals surface area contributed by atoms with Crippen LogP contribution >= 0.6 is 11.6 Å². The van der Waals surface area contributed by atoms with Gasteiger partial charge in [0.25, 0.3) is 0 Å². The first-order valence-electron chi connectivity index (χ1n) is 12.2. The Bertz CT molecular complexity index is 1730. The van der Waals surface area contributed by atoms with Crippen molar-refractivity contribution in [1.82, 2.24) is 39.5 Å². The van der Waals surface area contributed by atoms with Crippen molar-refractivity contribution in [3.05, 3.63) is 112 Å². The fourth-order valence-electron chi connectivity index (χ4n) is 4.95. The standard InChI is InChI=1S/C28H25ClN8O2/c1-35-24(16-30-33-35)28(38,25-17-31-34-36(25)2)19-8-11-23-21(15-19)26(29)22(27(32-23)39-3)14-18-6-9-20(10-7-18)37-12-4-5-13-37/h4-13,15-17,38H,14H2,1-3H3. The van der Waals surface area contributed by atoms with Crippen molar-refractivity contribution in [2.75, 3.05) is 7.11 Å². The number of aromatic nitrogens is 8. The van der Waals surface area contributed by atoms with Crippen LogP contribution in [0.3, 0.4) is 0 Å². The Labute approximate surface area is 229 Å². The third-order valence-electron chi connectivity index (χ3n) is 6.98. The molecule has 0 atom stereocenters. The predicted octanol–water partition coefficient (Wildman–Crippen LogP) is 3.82. The Hall–Kier alpha value is -4.54. The van der Waals surface area contributed by atoms with Crippen molar-refractivity contribution >= 4 is 22.5 Å². The van der Waals surface area contributed by atoms with Crippen molar-refractivity contribution in [2.24, 2.45) is 14.1 Å². The first-order valence-corrected chi connectivity index (χ1v) is 12.6. The summed E-state index contributed by atoms with van der Waals surface area (Å²) >= 11 is 7.06. The Morgan fingerprint density at radius 1 is 0.923 bits per heavy atom. The molecule has 0 fully saturated rings. The molecular formula is C28H25ClN8O2. The number of halogens is 1. The highest BCUT2D eigenvalue weighted by molar-refractivity contribution is 6.36. The summed E-state index contributed by atoms with van der Waals surface area (Å²) < 4.78 is 10.7. The summed E-state index contributed by atoms with van der Waals surface area (Å²) in [6.45, 7) is 0. The van der Waals surface area contributed by atoms with Crippen LogP contribution < -0.4 is 4.74 Å². The number of pyridine rings is 1. The van der Waals surface area contributed by atoms with Crippen LogP contribution in [0.4, 0.5) is 0 Å².